The second-order valence-corrected chi connectivity index (χ2v) is 14.1. The van der Waals surface area contributed by atoms with E-state index in [4.69, 9.17) is 0 Å². The minimum absolute atomic E-state index is 0.503. The highest BCUT2D eigenvalue weighted by Crippen LogP contribution is 2.69. The molecule has 3 saturated carbocycles. The minimum Gasteiger partial charge on any atom is -0.358 e. The summed E-state index contributed by atoms with van der Waals surface area (Å²) in [7, 11) is 0. The van der Waals surface area contributed by atoms with E-state index in [9.17, 15) is 0 Å². The van der Waals surface area contributed by atoms with Gasteiger partial charge in [0.15, 0.2) is 0 Å². The van der Waals surface area contributed by atoms with Gasteiger partial charge in [-0.05, 0) is 115 Å². The van der Waals surface area contributed by atoms with Gasteiger partial charge in [-0.2, -0.15) is 0 Å². The van der Waals surface area contributed by atoms with Gasteiger partial charge >= 0.3 is 0 Å². The number of hydrogen-bond donors (Lipinski definition) is 1. The summed E-state index contributed by atoms with van der Waals surface area (Å²) in [6.45, 7) is 12.9. The topological polar surface area (TPSA) is 15.8 Å². The number of aromatic nitrogens is 1. The van der Waals surface area contributed by atoms with E-state index in [-0.39, 0.29) is 0 Å². The van der Waals surface area contributed by atoms with Crippen molar-refractivity contribution in [3.63, 3.8) is 0 Å². The Morgan fingerprint density at radius 3 is 2.50 bits per heavy atom. The van der Waals surface area contributed by atoms with E-state index in [1.807, 2.05) is 0 Å². The summed E-state index contributed by atoms with van der Waals surface area (Å²) in [4.78, 5) is 3.82. The predicted molar refractivity (Wildman–Crippen MR) is 145 cm³/mol. The number of H-pyrrole nitrogens is 1. The molecule has 6 rings (SSSR count). The van der Waals surface area contributed by atoms with Crippen LogP contribution in [0.25, 0.3) is 10.9 Å². The molecule has 3 fully saturated rings. The maximum atomic E-state index is 3.82. The summed E-state index contributed by atoms with van der Waals surface area (Å²) >= 11 is 0. The first-order chi connectivity index (χ1) is 16.3. The minimum atomic E-state index is 0.503. The SMILES string of the molecule is CC(C)CCC[C@@H](C)[C@H]1CC[C@H]2[C@@H]3CC[C@@H]4c5c([nH]c6ccccc56)CC[C@]4(C)[C@H]3CC[C@]12C. The first-order valence-corrected chi connectivity index (χ1v) is 14.9. The van der Waals surface area contributed by atoms with Gasteiger partial charge in [-0.15, -0.1) is 0 Å². The molecular weight excluding hydrogens is 410 g/mol. The smallest absolute Gasteiger partial charge is 0.0459 e. The summed E-state index contributed by atoms with van der Waals surface area (Å²) in [6.07, 6.45) is 15.9. The Bertz CT molecular complexity index is 1030. The van der Waals surface area contributed by atoms with E-state index in [1.165, 1.54) is 81.5 Å². The maximum Gasteiger partial charge on any atom is 0.0459 e. The lowest BCUT2D eigenvalue weighted by atomic mass is 9.44. The molecule has 0 bridgehead atoms. The van der Waals surface area contributed by atoms with Crippen molar-refractivity contribution in [2.45, 2.75) is 111 Å². The molecule has 0 radical (unpaired) electrons. The van der Waals surface area contributed by atoms with Crippen molar-refractivity contribution < 1.29 is 0 Å². The van der Waals surface area contributed by atoms with Gasteiger partial charge in [0.25, 0.3) is 0 Å². The molecule has 1 heterocycles. The van der Waals surface area contributed by atoms with Gasteiger partial charge in [-0.25, -0.2) is 0 Å². The van der Waals surface area contributed by atoms with Crippen LogP contribution in [0.3, 0.4) is 0 Å². The van der Waals surface area contributed by atoms with Crippen LogP contribution < -0.4 is 0 Å². The van der Waals surface area contributed by atoms with Gasteiger partial charge in [-0.1, -0.05) is 72.1 Å². The van der Waals surface area contributed by atoms with Crippen LogP contribution >= 0.6 is 0 Å². The molecule has 0 unspecified atom stereocenters. The van der Waals surface area contributed by atoms with Crippen molar-refractivity contribution in [1.82, 2.24) is 4.98 Å². The molecule has 1 nitrogen and oxygen atoms in total. The number of hydrogen-bond acceptors (Lipinski definition) is 0. The van der Waals surface area contributed by atoms with Crippen molar-refractivity contribution in [3.8, 4) is 0 Å². The number of nitrogens with one attached hydrogen (secondary N) is 1. The van der Waals surface area contributed by atoms with Gasteiger partial charge in [0, 0.05) is 16.6 Å². The molecule has 186 valence electrons. The highest BCUT2D eigenvalue weighted by molar-refractivity contribution is 5.85. The van der Waals surface area contributed by atoms with Crippen LogP contribution in [-0.4, -0.2) is 4.98 Å². The Morgan fingerprint density at radius 1 is 0.882 bits per heavy atom. The van der Waals surface area contributed by atoms with E-state index in [1.54, 1.807) is 11.3 Å². The van der Waals surface area contributed by atoms with E-state index >= 15 is 0 Å². The lowest BCUT2D eigenvalue weighted by Gasteiger charge is -2.60. The number of benzene rings is 1. The highest BCUT2D eigenvalue weighted by atomic mass is 14.8. The quantitative estimate of drug-likeness (QED) is 0.458. The molecule has 4 aliphatic carbocycles. The Hall–Kier alpha value is -1.24. The standard InChI is InChI=1S/C33H49N/c1-21(2)9-8-10-22(3)25-15-16-26-23-13-14-28-31-24-11-6-7-12-29(24)34-30(31)18-20-33(28,5)27(23)17-19-32(25,26)4/h6-7,11-12,21-23,25-28,34H,8-10,13-20H2,1-5H3/t22-,23+,25-,26+,27+,28-,32-,33-/m1/s1. The van der Waals surface area contributed by atoms with Crippen molar-refractivity contribution in [1.29, 1.82) is 0 Å². The van der Waals surface area contributed by atoms with Crippen LogP contribution in [-0.2, 0) is 6.42 Å². The number of aromatic amines is 1. The zero-order valence-electron chi connectivity index (χ0n) is 22.6. The van der Waals surface area contributed by atoms with E-state index in [0.717, 1.165) is 41.4 Å². The average Bonchev–Trinajstić information content (AvgIpc) is 3.36. The normalized spacial score (nSPS) is 40.0. The van der Waals surface area contributed by atoms with Crippen molar-refractivity contribution in [3.05, 3.63) is 35.5 Å². The molecule has 0 aliphatic heterocycles. The molecule has 0 spiro atoms. The molecule has 4 aliphatic rings. The molecule has 1 N–H and O–H groups in total. The maximum absolute atomic E-state index is 3.82. The number of rotatable bonds is 5. The second kappa shape index (κ2) is 8.41. The number of aryl methyl sites for hydroxylation is 1. The molecule has 1 heteroatoms. The van der Waals surface area contributed by atoms with Crippen molar-refractivity contribution in [2.24, 2.45) is 46.3 Å². The van der Waals surface area contributed by atoms with Gasteiger partial charge in [0.2, 0.25) is 0 Å². The average molecular weight is 460 g/mol. The van der Waals surface area contributed by atoms with Crippen LogP contribution in [0.5, 0.6) is 0 Å². The van der Waals surface area contributed by atoms with Crippen LogP contribution in [0.15, 0.2) is 24.3 Å². The fourth-order valence-electron chi connectivity index (χ4n) is 10.5. The van der Waals surface area contributed by atoms with Crippen LogP contribution in [0.2, 0.25) is 0 Å². The molecule has 1 aromatic carbocycles. The zero-order valence-corrected chi connectivity index (χ0v) is 22.6. The molecule has 0 saturated heterocycles. The fourth-order valence-corrected chi connectivity index (χ4v) is 10.5. The molecule has 0 amide bonds. The number of para-hydroxylation sites is 1. The third-order valence-corrected chi connectivity index (χ3v) is 12.2. The molecule has 1 aromatic heterocycles. The lowest BCUT2D eigenvalue weighted by molar-refractivity contribution is -0.0895. The summed E-state index contributed by atoms with van der Waals surface area (Å²) in [6, 6.07) is 9.14. The first kappa shape index (κ1) is 23.2. The van der Waals surface area contributed by atoms with Crippen LogP contribution in [0.4, 0.5) is 0 Å². The second-order valence-electron chi connectivity index (χ2n) is 14.1. The Balaban J connectivity index is 1.24. The Morgan fingerprint density at radius 2 is 1.68 bits per heavy atom. The fraction of sp³-hybridized carbons (Fsp3) is 0.758. The predicted octanol–water partition coefficient (Wildman–Crippen LogP) is 9.52. The number of fused-ring (bicyclic) bond motifs is 9. The highest BCUT2D eigenvalue weighted by Gasteiger charge is 2.60. The van der Waals surface area contributed by atoms with Crippen LogP contribution in [0, 0.1) is 46.3 Å². The van der Waals surface area contributed by atoms with E-state index in [2.05, 4.69) is 63.9 Å². The van der Waals surface area contributed by atoms with Gasteiger partial charge in [-0.3, -0.25) is 0 Å². The molecule has 8 atom stereocenters. The van der Waals surface area contributed by atoms with Crippen LogP contribution in [0.1, 0.15) is 116 Å². The third kappa shape index (κ3) is 3.38. The monoisotopic (exact) mass is 459 g/mol. The largest absolute Gasteiger partial charge is 0.358 e. The molecule has 2 aromatic rings. The summed E-state index contributed by atoms with van der Waals surface area (Å²) in [5.41, 5.74) is 5.78. The van der Waals surface area contributed by atoms with Gasteiger partial charge in [0.05, 0.1) is 0 Å². The third-order valence-electron chi connectivity index (χ3n) is 12.2. The molecule has 34 heavy (non-hydrogen) atoms. The Labute approximate surface area is 208 Å². The summed E-state index contributed by atoms with van der Waals surface area (Å²) in [5, 5.41) is 1.53. The summed E-state index contributed by atoms with van der Waals surface area (Å²) < 4.78 is 0. The van der Waals surface area contributed by atoms with Gasteiger partial charge < -0.3 is 4.98 Å². The van der Waals surface area contributed by atoms with Gasteiger partial charge in [0.1, 0.15) is 0 Å². The van der Waals surface area contributed by atoms with Crippen molar-refractivity contribution >= 4 is 10.9 Å². The Kier molecular flexibility index (Phi) is 5.74. The van der Waals surface area contributed by atoms with E-state index in [0.29, 0.717) is 10.8 Å². The zero-order chi connectivity index (χ0) is 23.7. The summed E-state index contributed by atoms with van der Waals surface area (Å²) in [5.74, 6) is 6.44. The lowest BCUT2D eigenvalue weighted by Crippen LogP contribution is -2.52. The van der Waals surface area contributed by atoms with E-state index < -0.39 is 0 Å². The van der Waals surface area contributed by atoms with Crippen molar-refractivity contribution in [2.75, 3.05) is 0 Å². The molecular formula is C33H49N. The first-order valence-electron chi connectivity index (χ1n) is 14.9.